The van der Waals surface area contributed by atoms with Crippen molar-refractivity contribution in [1.29, 1.82) is 0 Å². The van der Waals surface area contributed by atoms with Crippen LogP contribution in [0.25, 0.3) is 6.08 Å². The molecule has 0 bridgehead atoms. The van der Waals surface area contributed by atoms with Gasteiger partial charge >= 0.3 is 0 Å². The summed E-state index contributed by atoms with van der Waals surface area (Å²) >= 11 is 0. The van der Waals surface area contributed by atoms with Crippen LogP contribution in [0.15, 0.2) is 48.5 Å². The monoisotopic (exact) mass is 311 g/mol. The average Bonchev–Trinajstić information content (AvgIpc) is 2.53. The van der Waals surface area contributed by atoms with E-state index in [0.717, 1.165) is 16.9 Å². The number of imide groups is 1. The van der Waals surface area contributed by atoms with Gasteiger partial charge in [0.05, 0.1) is 12.7 Å². The highest BCUT2D eigenvalue weighted by atomic mass is 16.5. The lowest BCUT2D eigenvalue weighted by Crippen LogP contribution is -2.28. The summed E-state index contributed by atoms with van der Waals surface area (Å²) in [6.45, 7) is 1.90. The lowest BCUT2D eigenvalue weighted by atomic mass is 10.1. The van der Waals surface area contributed by atoms with Crippen LogP contribution in [0, 0.1) is 6.92 Å². The molecule has 0 aliphatic heterocycles. The number of carbonyl (C=O) groups excluding carboxylic acids is 2. The van der Waals surface area contributed by atoms with Gasteiger partial charge in [0.2, 0.25) is 0 Å². The maximum absolute atomic E-state index is 11.9. The number of carbonyl (C=O) groups is 2. The van der Waals surface area contributed by atoms with Crippen LogP contribution in [0.5, 0.6) is 11.5 Å². The van der Waals surface area contributed by atoms with Crippen molar-refractivity contribution in [2.45, 2.75) is 6.92 Å². The summed E-state index contributed by atoms with van der Waals surface area (Å²) in [4.78, 5) is 23.7. The molecule has 0 fully saturated rings. The van der Waals surface area contributed by atoms with Crippen molar-refractivity contribution < 1.29 is 19.4 Å². The Labute approximate surface area is 134 Å². The molecule has 0 spiro atoms. The van der Waals surface area contributed by atoms with E-state index in [2.05, 4.69) is 5.32 Å². The topological polar surface area (TPSA) is 75.6 Å². The fraction of sp³-hybridized carbons (Fsp3) is 0.111. The number of aryl methyl sites for hydroxylation is 1. The molecule has 2 aromatic carbocycles. The predicted octanol–water partition coefficient (Wildman–Crippen LogP) is 2.68. The molecule has 0 radical (unpaired) electrons. The van der Waals surface area contributed by atoms with Crippen LogP contribution < -0.4 is 10.1 Å². The van der Waals surface area contributed by atoms with E-state index < -0.39 is 11.8 Å². The van der Waals surface area contributed by atoms with Crippen molar-refractivity contribution in [3.8, 4) is 11.5 Å². The van der Waals surface area contributed by atoms with Crippen LogP contribution in [0.4, 0.5) is 0 Å². The second-order valence-electron chi connectivity index (χ2n) is 4.90. The molecular formula is C18H17NO4. The Bertz CT molecular complexity index is 765. The Balaban J connectivity index is 2.03. The van der Waals surface area contributed by atoms with Gasteiger partial charge in [-0.2, -0.15) is 0 Å². The number of hydrogen-bond acceptors (Lipinski definition) is 4. The average molecular weight is 311 g/mol. The quantitative estimate of drug-likeness (QED) is 0.851. The summed E-state index contributed by atoms with van der Waals surface area (Å²) in [5.74, 6) is -0.621. The van der Waals surface area contributed by atoms with Crippen LogP contribution in [0.1, 0.15) is 21.5 Å². The molecule has 2 amide bonds. The second kappa shape index (κ2) is 7.26. The molecule has 118 valence electrons. The molecule has 0 saturated heterocycles. The van der Waals surface area contributed by atoms with Gasteiger partial charge in [-0.05, 0) is 48.4 Å². The molecule has 0 atom stereocenters. The van der Waals surface area contributed by atoms with Crippen molar-refractivity contribution in [2.75, 3.05) is 7.11 Å². The number of hydrogen-bond donors (Lipinski definition) is 2. The highest BCUT2D eigenvalue weighted by Gasteiger charge is 2.11. The second-order valence-corrected chi connectivity index (χ2v) is 4.90. The lowest BCUT2D eigenvalue weighted by molar-refractivity contribution is -0.115. The fourth-order valence-corrected chi connectivity index (χ4v) is 2.06. The van der Waals surface area contributed by atoms with Gasteiger partial charge in [-0.25, -0.2) is 0 Å². The van der Waals surface area contributed by atoms with Crippen LogP contribution in [-0.2, 0) is 4.79 Å². The van der Waals surface area contributed by atoms with Crippen LogP contribution in [-0.4, -0.2) is 24.0 Å². The van der Waals surface area contributed by atoms with Crippen molar-refractivity contribution in [3.63, 3.8) is 0 Å². The van der Waals surface area contributed by atoms with Crippen molar-refractivity contribution in [3.05, 3.63) is 65.2 Å². The van der Waals surface area contributed by atoms with E-state index in [-0.39, 0.29) is 11.3 Å². The molecule has 0 aliphatic carbocycles. The zero-order chi connectivity index (χ0) is 16.8. The summed E-state index contributed by atoms with van der Waals surface area (Å²) in [7, 11) is 1.59. The van der Waals surface area contributed by atoms with Crippen LogP contribution in [0.2, 0.25) is 0 Å². The lowest BCUT2D eigenvalue weighted by Gasteiger charge is -2.05. The maximum Gasteiger partial charge on any atom is 0.261 e. The van der Waals surface area contributed by atoms with Crippen LogP contribution >= 0.6 is 0 Å². The number of phenols is 1. The molecule has 0 saturated carbocycles. The van der Waals surface area contributed by atoms with Gasteiger partial charge in [-0.15, -0.1) is 0 Å². The number of para-hydroxylation sites is 1. The Hall–Kier alpha value is -3.08. The van der Waals surface area contributed by atoms with Crippen LogP contribution in [0.3, 0.4) is 0 Å². The predicted molar refractivity (Wildman–Crippen MR) is 87.3 cm³/mol. The maximum atomic E-state index is 11.9. The van der Waals surface area contributed by atoms with Gasteiger partial charge in [-0.1, -0.05) is 18.2 Å². The first kappa shape index (κ1) is 16.3. The number of ether oxygens (including phenoxy) is 1. The largest absolute Gasteiger partial charge is 0.507 e. The molecule has 0 aromatic heterocycles. The molecule has 2 rings (SSSR count). The molecule has 0 heterocycles. The van der Waals surface area contributed by atoms with Crippen molar-refractivity contribution in [2.24, 2.45) is 0 Å². The molecule has 0 unspecified atom stereocenters. The van der Waals surface area contributed by atoms with E-state index in [9.17, 15) is 14.7 Å². The van der Waals surface area contributed by atoms with E-state index in [1.807, 2.05) is 13.0 Å². The fourth-order valence-electron chi connectivity index (χ4n) is 2.06. The summed E-state index contributed by atoms with van der Waals surface area (Å²) in [6, 6.07) is 11.5. The Morgan fingerprint density at radius 1 is 1.17 bits per heavy atom. The molecule has 23 heavy (non-hydrogen) atoms. The number of benzene rings is 2. The Kier molecular flexibility index (Phi) is 5.15. The SMILES string of the molecule is COc1ccc(C=CC(=O)NC(=O)c2ccccc2O)cc1C. The van der Waals surface area contributed by atoms with Gasteiger partial charge in [0.25, 0.3) is 11.8 Å². The van der Waals surface area contributed by atoms with Gasteiger partial charge < -0.3 is 9.84 Å². The minimum Gasteiger partial charge on any atom is -0.507 e. The highest BCUT2D eigenvalue weighted by Crippen LogP contribution is 2.19. The van der Waals surface area contributed by atoms with E-state index in [1.54, 1.807) is 37.5 Å². The van der Waals surface area contributed by atoms with Crippen molar-refractivity contribution >= 4 is 17.9 Å². The first-order valence-corrected chi connectivity index (χ1v) is 6.97. The number of methoxy groups -OCH3 is 1. The molecule has 2 N–H and O–H groups in total. The number of nitrogens with one attached hydrogen (secondary N) is 1. The standard InChI is InChI=1S/C18H17NO4/c1-12-11-13(7-9-16(12)23-2)8-10-17(21)19-18(22)14-5-3-4-6-15(14)20/h3-11,20H,1-2H3,(H,19,21,22). The molecular weight excluding hydrogens is 294 g/mol. The minimum absolute atomic E-state index is 0.0505. The van der Waals surface area contributed by atoms with Crippen molar-refractivity contribution in [1.82, 2.24) is 5.32 Å². The first-order chi connectivity index (χ1) is 11.0. The third kappa shape index (κ3) is 4.20. The van der Waals surface area contributed by atoms with E-state index in [1.165, 1.54) is 18.2 Å². The summed E-state index contributed by atoms with van der Waals surface area (Å²) < 4.78 is 5.17. The zero-order valence-electron chi connectivity index (χ0n) is 12.9. The smallest absolute Gasteiger partial charge is 0.261 e. The number of amides is 2. The van der Waals surface area contributed by atoms with E-state index in [4.69, 9.17) is 4.74 Å². The summed E-state index contributed by atoms with van der Waals surface area (Å²) in [5.41, 5.74) is 1.81. The molecule has 5 heteroatoms. The highest BCUT2D eigenvalue weighted by molar-refractivity contribution is 6.10. The summed E-state index contributed by atoms with van der Waals surface area (Å²) in [5, 5.41) is 11.8. The third-order valence-corrected chi connectivity index (χ3v) is 3.23. The zero-order valence-corrected chi connectivity index (χ0v) is 12.9. The first-order valence-electron chi connectivity index (χ1n) is 6.97. The normalized spacial score (nSPS) is 10.5. The minimum atomic E-state index is -0.649. The third-order valence-electron chi connectivity index (χ3n) is 3.23. The Morgan fingerprint density at radius 3 is 2.57 bits per heavy atom. The van der Waals surface area contributed by atoms with Gasteiger partial charge in [0, 0.05) is 6.08 Å². The van der Waals surface area contributed by atoms with Gasteiger partial charge in [0.1, 0.15) is 11.5 Å². The molecule has 2 aromatic rings. The Morgan fingerprint density at radius 2 is 1.91 bits per heavy atom. The van der Waals surface area contributed by atoms with Gasteiger partial charge in [0.15, 0.2) is 0 Å². The van der Waals surface area contributed by atoms with E-state index >= 15 is 0 Å². The molecule has 5 nitrogen and oxygen atoms in total. The number of phenolic OH excluding ortho intramolecular Hbond substituents is 1. The number of aromatic hydroxyl groups is 1. The number of rotatable bonds is 4. The van der Waals surface area contributed by atoms with E-state index in [0.29, 0.717) is 0 Å². The van der Waals surface area contributed by atoms with Gasteiger partial charge in [-0.3, -0.25) is 14.9 Å². The molecule has 0 aliphatic rings. The summed E-state index contributed by atoms with van der Waals surface area (Å²) in [6.07, 6.45) is 2.86.